The van der Waals surface area contributed by atoms with Gasteiger partial charge in [0.1, 0.15) is 17.4 Å². The van der Waals surface area contributed by atoms with Crippen LogP contribution in [-0.4, -0.2) is 68.3 Å². The van der Waals surface area contributed by atoms with Gasteiger partial charge in [-0.05, 0) is 47.6 Å². The van der Waals surface area contributed by atoms with Crippen LogP contribution in [0.2, 0.25) is 0 Å². The summed E-state index contributed by atoms with van der Waals surface area (Å²) in [7, 11) is -2.71. The molecule has 1 fully saturated rings. The van der Waals surface area contributed by atoms with Gasteiger partial charge in [0, 0.05) is 6.08 Å². The summed E-state index contributed by atoms with van der Waals surface area (Å²) in [5.74, 6) is -0.688. The lowest BCUT2D eigenvalue weighted by Gasteiger charge is -2.36. The third-order valence-corrected chi connectivity index (χ3v) is 4.24. The van der Waals surface area contributed by atoms with E-state index in [0.717, 1.165) is 12.3 Å². The molecule has 0 saturated carbocycles. The second-order valence-corrected chi connectivity index (χ2v) is 9.36. The Bertz CT molecular complexity index is 692. The molecule has 1 amide bonds. The van der Waals surface area contributed by atoms with Gasteiger partial charge in [0.05, 0.1) is 25.5 Å². The van der Waals surface area contributed by atoms with Crippen molar-refractivity contribution in [1.29, 1.82) is 0 Å². The Balaban J connectivity index is 3.34. The zero-order chi connectivity index (χ0) is 21.2. The molecule has 0 N–H and O–H groups in total. The van der Waals surface area contributed by atoms with Crippen LogP contribution in [0.15, 0.2) is 12.2 Å². The Morgan fingerprint density at radius 3 is 2.26 bits per heavy atom. The van der Waals surface area contributed by atoms with Gasteiger partial charge in [0.15, 0.2) is 0 Å². The zero-order valence-electron chi connectivity index (χ0n) is 17.0. The molecule has 1 rings (SSSR count). The number of methoxy groups -OCH3 is 1. The third kappa shape index (κ3) is 6.78. The molecule has 156 valence electrons. The van der Waals surface area contributed by atoms with Crippen LogP contribution < -0.4 is 0 Å². The van der Waals surface area contributed by atoms with Crippen LogP contribution in [0.3, 0.4) is 0 Å². The number of esters is 1. The molecule has 9 nitrogen and oxygen atoms in total. The highest BCUT2D eigenvalue weighted by atomic mass is 32.2. The normalized spacial score (nSPS) is 24.1. The van der Waals surface area contributed by atoms with Crippen molar-refractivity contribution in [3.05, 3.63) is 12.2 Å². The summed E-state index contributed by atoms with van der Waals surface area (Å²) in [5.41, 5.74) is -1.84. The second-order valence-electron chi connectivity index (χ2n) is 7.76. The van der Waals surface area contributed by atoms with E-state index in [0.29, 0.717) is 0 Å². The van der Waals surface area contributed by atoms with E-state index in [1.165, 1.54) is 18.1 Å². The molecule has 10 heteroatoms. The molecule has 0 radical (unpaired) electrons. The fourth-order valence-electron chi connectivity index (χ4n) is 2.86. The Morgan fingerprint density at radius 1 is 1.26 bits per heavy atom. The Hall–Kier alpha value is -1.65. The van der Waals surface area contributed by atoms with E-state index < -0.39 is 51.8 Å². The molecule has 0 aromatic carbocycles. The molecule has 1 aliphatic rings. The van der Waals surface area contributed by atoms with Crippen LogP contribution in [0.5, 0.6) is 0 Å². The van der Waals surface area contributed by atoms with Gasteiger partial charge in [-0.1, -0.05) is 0 Å². The Labute approximate surface area is 160 Å². The molecule has 3 atom stereocenters. The Morgan fingerprint density at radius 2 is 1.81 bits per heavy atom. The van der Waals surface area contributed by atoms with Crippen molar-refractivity contribution in [2.75, 3.05) is 13.4 Å². The molecular weight excluding hydrogens is 378 g/mol. The van der Waals surface area contributed by atoms with Gasteiger partial charge in [-0.3, -0.25) is 9.08 Å². The largest absolute Gasteiger partial charge is 0.466 e. The van der Waals surface area contributed by atoms with E-state index >= 15 is 0 Å². The SMILES string of the molecule is COC(=O)/C=C/[C@@H](OS(C)(=O)=O)[C@@H]1[C@@H](C)OC(C)(C)N1C(=O)OC(C)(C)C. The van der Waals surface area contributed by atoms with Crippen LogP contribution in [-0.2, 0) is 33.3 Å². The fraction of sp³-hybridized carbons (Fsp3) is 0.765. The smallest absolute Gasteiger partial charge is 0.413 e. The number of hydrogen-bond acceptors (Lipinski definition) is 8. The maximum atomic E-state index is 12.8. The molecular formula is C17H29NO8S. The van der Waals surface area contributed by atoms with Crippen molar-refractivity contribution in [2.45, 2.75) is 71.1 Å². The predicted molar refractivity (Wildman–Crippen MR) is 97.4 cm³/mol. The molecule has 0 spiro atoms. The van der Waals surface area contributed by atoms with Crippen molar-refractivity contribution >= 4 is 22.2 Å². The van der Waals surface area contributed by atoms with Crippen molar-refractivity contribution < 1.29 is 36.4 Å². The van der Waals surface area contributed by atoms with Gasteiger partial charge >= 0.3 is 12.1 Å². The van der Waals surface area contributed by atoms with E-state index in [1.54, 1.807) is 41.5 Å². The standard InChI is InChI=1S/C17H29NO8S/c1-11-14(12(26-27(8,21)22)9-10-13(19)23-7)18(17(5,6)24-11)15(20)25-16(2,3)4/h9-12,14H,1-8H3/b10-9+/t11-,12-,14+/m1/s1. The molecule has 0 bridgehead atoms. The van der Waals surface area contributed by atoms with Crippen LogP contribution >= 0.6 is 0 Å². The van der Waals surface area contributed by atoms with E-state index in [2.05, 4.69) is 4.74 Å². The zero-order valence-corrected chi connectivity index (χ0v) is 17.8. The number of carbonyl (C=O) groups excluding carboxylic acids is 2. The molecule has 0 aromatic heterocycles. The quantitative estimate of drug-likeness (QED) is 0.386. The minimum absolute atomic E-state index is 0.596. The van der Waals surface area contributed by atoms with Gasteiger partial charge < -0.3 is 14.2 Å². The first kappa shape index (κ1) is 23.4. The topological polar surface area (TPSA) is 108 Å². The first-order valence-corrected chi connectivity index (χ1v) is 10.2. The minimum atomic E-state index is -3.90. The lowest BCUT2D eigenvalue weighted by molar-refractivity contribution is -0.134. The van der Waals surface area contributed by atoms with Crippen LogP contribution in [0.4, 0.5) is 4.79 Å². The number of ether oxygens (including phenoxy) is 3. The van der Waals surface area contributed by atoms with Gasteiger partial charge in [-0.2, -0.15) is 8.42 Å². The molecule has 1 saturated heterocycles. The summed E-state index contributed by atoms with van der Waals surface area (Å²) in [5, 5.41) is 0. The first-order valence-electron chi connectivity index (χ1n) is 8.42. The van der Waals surface area contributed by atoms with Gasteiger partial charge in [0.25, 0.3) is 10.1 Å². The summed E-state index contributed by atoms with van der Waals surface area (Å²) in [6, 6.07) is -0.856. The number of carbonyl (C=O) groups is 2. The molecule has 27 heavy (non-hydrogen) atoms. The average Bonchev–Trinajstić information content (AvgIpc) is 2.68. The third-order valence-electron chi connectivity index (χ3n) is 3.67. The van der Waals surface area contributed by atoms with Crippen LogP contribution in [0, 0.1) is 0 Å². The summed E-state index contributed by atoms with van der Waals surface area (Å²) < 4.78 is 44.4. The number of nitrogens with zero attached hydrogens (tertiary/aromatic N) is 1. The van der Waals surface area contributed by atoms with Crippen molar-refractivity contribution in [3.63, 3.8) is 0 Å². The van der Waals surface area contributed by atoms with Crippen LogP contribution in [0.1, 0.15) is 41.5 Å². The summed E-state index contributed by atoms with van der Waals surface area (Å²) in [6.07, 6.45) is 0.701. The van der Waals surface area contributed by atoms with Crippen LogP contribution in [0.25, 0.3) is 0 Å². The average molecular weight is 407 g/mol. The van der Waals surface area contributed by atoms with Crippen molar-refractivity contribution in [2.24, 2.45) is 0 Å². The van der Waals surface area contributed by atoms with Gasteiger partial charge in [-0.15, -0.1) is 0 Å². The predicted octanol–water partition coefficient (Wildman–Crippen LogP) is 1.82. The number of amides is 1. The van der Waals surface area contributed by atoms with E-state index in [9.17, 15) is 18.0 Å². The highest BCUT2D eigenvalue weighted by molar-refractivity contribution is 7.86. The lowest BCUT2D eigenvalue weighted by atomic mass is 10.0. The second kappa shape index (κ2) is 8.15. The molecule has 0 unspecified atom stereocenters. The maximum absolute atomic E-state index is 12.8. The van der Waals surface area contributed by atoms with E-state index in [4.69, 9.17) is 13.7 Å². The molecule has 0 aromatic rings. The molecule has 1 heterocycles. The van der Waals surface area contributed by atoms with Crippen molar-refractivity contribution in [1.82, 2.24) is 4.90 Å². The maximum Gasteiger partial charge on any atom is 0.413 e. The van der Waals surface area contributed by atoms with E-state index in [1.807, 2.05) is 0 Å². The fourth-order valence-corrected chi connectivity index (χ4v) is 3.44. The summed E-state index contributed by atoms with van der Waals surface area (Å²) >= 11 is 0. The van der Waals surface area contributed by atoms with Gasteiger partial charge in [-0.25, -0.2) is 9.59 Å². The minimum Gasteiger partial charge on any atom is -0.466 e. The molecule has 1 aliphatic heterocycles. The van der Waals surface area contributed by atoms with E-state index in [-0.39, 0.29) is 0 Å². The van der Waals surface area contributed by atoms with Gasteiger partial charge in [0.2, 0.25) is 0 Å². The summed E-state index contributed by atoms with van der Waals surface area (Å²) in [4.78, 5) is 25.6. The highest BCUT2D eigenvalue weighted by Crippen LogP contribution is 2.36. The summed E-state index contributed by atoms with van der Waals surface area (Å²) in [6.45, 7) is 10.2. The monoisotopic (exact) mass is 407 g/mol. The highest BCUT2D eigenvalue weighted by Gasteiger charge is 2.53. The lowest BCUT2D eigenvalue weighted by Crippen LogP contribution is -2.54. The van der Waals surface area contributed by atoms with Crippen molar-refractivity contribution in [3.8, 4) is 0 Å². The molecule has 0 aliphatic carbocycles. The number of hydrogen-bond donors (Lipinski definition) is 0. The number of rotatable bonds is 5. The Kier molecular flexibility index (Phi) is 7.06. The first-order chi connectivity index (χ1) is 12.1.